The summed E-state index contributed by atoms with van der Waals surface area (Å²) in [5.74, 6) is 0.0812. The summed E-state index contributed by atoms with van der Waals surface area (Å²) in [6.45, 7) is 0.272. The minimum absolute atomic E-state index is 0.121. The van der Waals surface area contributed by atoms with Crippen LogP contribution in [0.4, 0.5) is 4.39 Å². The Labute approximate surface area is 115 Å². The first-order chi connectivity index (χ1) is 9.63. The topological polar surface area (TPSA) is 61.9 Å². The Balaban J connectivity index is 1.85. The number of hydrazone groups is 1. The van der Waals surface area contributed by atoms with Crippen molar-refractivity contribution in [3.05, 3.63) is 59.7 Å². The van der Waals surface area contributed by atoms with Crippen LogP contribution in [-0.2, 0) is 11.3 Å². The molecule has 3 rings (SSSR count). The number of hydrogen-bond donors (Lipinski definition) is 1. The van der Waals surface area contributed by atoms with Crippen LogP contribution in [0.2, 0.25) is 0 Å². The second kappa shape index (κ2) is 4.80. The Morgan fingerprint density at radius 1 is 1.30 bits per heavy atom. The van der Waals surface area contributed by atoms with Gasteiger partial charge in [-0.3, -0.25) is 4.79 Å². The van der Waals surface area contributed by atoms with Crippen molar-refractivity contribution in [1.82, 2.24) is 9.91 Å². The number of amides is 1. The van der Waals surface area contributed by atoms with Crippen LogP contribution in [-0.4, -0.2) is 28.2 Å². The van der Waals surface area contributed by atoms with E-state index in [1.54, 1.807) is 41.5 Å². The monoisotopic (exact) mass is 272 g/mol. The van der Waals surface area contributed by atoms with Crippen molar-refractivity contribution in [3.8, 4) is 0 Å². The summed E-state index contributed by atoms with van der Waals surface area (Å²) in [5.41, 5.74) is 6.68. The zero-order valence-electron chi connectivity index (χ0n) is 10.7. The molecule has 6 heteroatoms. The first-order valence-electron chi connectivity index (χ1n) is 6.18. The number of carbonyl (C=O) groups excluding carboxylic acids is 1. The van der Waals surface area contributed by atoms with Crippen molar-refractivity contribution in [2.45, 2.75) is 6.54 Å². The molecule has 2 aliphatic heterocycles. The lowest BCUT2D eigenvalue weighted by atomic mass is 10.2. The summed E-state index contributed by atoms with van der Waals surface area (Å²) in [6, 6.07) is 6.36. The molecule has 0 fully saturated rings. The SMILES string of the molecule is NC1=CN2CC(=O)N(Cc3ccccc3F)N=C2C=C1. The van der Waals surface area contributed by atoms with Gasteiger partial charge in [0.1, 0.15) is 12.4 Å². The van der Waals surface area contributed by atoms with Crippen LogP contribution >= 0.6 is 0 Å². The predicted octanol–water partition coefficient (Wildman–Crippen LogP) is 1.15. The molecule has 0 unspecified atom stereocenters. The van der Waals surface area contributed by atoms with Gasteiger partial charge in [-0.2, -0.15) is 5.10 Å². The lowest BCUT2D eigenvalue weighted by Crippen LogP contribution is -2.45. The molecule has 0 saturated carbocycles. The van der Waals surface area contributed by atoms with Gasteiger partial charge in [-0.05, 0) is 18.2 Å². The Kier molecular flexibility index (Phi) is 2.98. The molecule has 1 aromatic rings. The average molecular weight is 272 g/mol. The number of nitrogens with zero attached hydrogens (tertiary/aromatic N) is 3. The minimum Gasteiger partial charge on any atom is -0.398 e. The average Bonchev–Trinajstić information content (AvgIpc) is 2.42. The van der Waals surface area contributed by atoms with Crippen molar-refractivity contribution in [1.29, 1.82) is 0 Å². The lowest BCUT2D eigenvalue weighted by molar-refractivity contribution is -0.132. The normalized spacial score (nSPS) is 17.8. The molecule has 1 amide bonds. The van der Waals surface area contributed by atoms with E-state index in [0.29, 0.717) is 17.1 Å². The van der Waals surface area contributed by atoms with Gasteiger partial charge in [-0.15, -0.1) is 0 Å². The van der Waals surface area contributed by atoms with Gasteiger partial charge in [0.25, 0.3) is 5.91 Å². The minimum atomic E-state index is -0.341. The number of halogens is 1. The molecule has 0 saturated heterocycles. The molecule has 2 N–H and O–H groups in total. The highest BCUT2D eigenvalue weighted by Crippen LogP contribution is 2.16. The van der Waals surface area contributed by atoms with Gasteiger partial charge in [0.05, 0.1) is 6.54 Å². The molecule has 2 aliphatic rings. The molecule has 0 atom stereocenters. The standard InChI is InChI=1S/C14H13FN4O/c15-12-4-2-1-3-10(12)7-19-14(20)9-18-8-11(16)5-6-13(18)17-19/h1-6,8H,7,9,16H2. The van der Waals surface area contributed by atoms with Gasteiger partial charge in [-0.1, -0.05) is 18.2 Å². The van der Waals surface area contributed by atoms with E-state index in [2.05, 4.69) is 5.10 Å². The highest BCUT2D eigenvalue weighted by atomic mass is 19.1. The smallest absolute Gasteiger partial charge is 0.263 e. The van der Waals surface area contributed by atoms with E-state index in [1.807, 2.05) is 0 Å². The number of fused-ring (bicyclic) bond motifs is 1. The molecule has 0 bridgehead atoms. The second-order valence-electron chi connectivity index (χ2n) is 4.59. The number of allylic oxidation sites excluding steroid dienone is 1. The van der Waals surface area contributed by atoms with E-state index in [-0.39, 0.29) is 24.8 Å². The van der Waals surface area contributed by atoms with Crippen LogP contribution in [0, 0.1) is 5.82 Å². The van der Waals surface area contributed by atoms with E-state index in [9.17, 15) is 9.18 Å². The number of rotatable bonds is 2. The Morgan fingerprint density at radius 3 is 2.90 bits per heavy atom. The fraction of sp³-hybridized carbons (Fsp3) is 0.143. The fourth-order valence-electron chi connectivity index (χ4n) is 2.09. The van der Waals surface area contributed by atoms with Crippen LogP contribution in [0.25, 0.3) is 0 Å². The maximum Gasteiger partial charge on any atom is 0.263 e. The van der Waals surface area contributed by atoms with E-state index in [1.165, 1.54) is 11.1 Å². The maximum atomic E-state index is 13.6. The molecule has 20 heavy (non-hydrogen) atoms. The van der Waals surface area contributed by atoms with Gasteiger partial charge >= 0.3 is 0 Å². The Hall–Kier alpha value is -2.63. The molecule has 0 radical (unpaired) electrons. The number of nitrogens with two attached hydrogens (primary N) is 1. The summed E-state index contributed by atoms with van der Waals surface area (Å²) in [5, 5.41) is 5.51. The van der Waals surface area contributed by atoms with Gasteiger partial charge in [0, 0.05) is 17.5 Å². The summed E-state index contributed by atoms with van der Waals surface area (Å²) in [6.07, 6.45) is 5.11. The molecule has 5 nitrogen and oxygen atoms in total. The Bertz CT molecular complexity index is 650. The Morgan fingerprint density at radius 2 is 2.10 bits per heavy atom. The van der Waals surface area contributed by atoms with Crippen LogP contribution in [0.15, 0.2) is 53.4 Å². The summed E-state index contributed by atoms with van der Waals surface area (Å²) in [7, 11) is 0. The van der Waals surface area contributed by atoms with Crippen LogP contribution in [0.5, 0.6) is 0 Å². The molecule has 102 valence electrons. The van der Waals surface area contributed by atoms with Crippen molar-refractivity contribution >= 4 is 11.7 Å². The molecule has 1 aromatic carbocycles. The third kappa shape index (κ3) is 2.27. The summed E-state index contributed by atoms with van der Waals surface area (Å²) in [4.78, 5) is 13.7. The number of carbonyl (C=O) groups is 1. The van der Waals surface area contributed by atoms with E-state index in [4.69, 9.17) is 5.73 Å². The molecular formula is C14H13FN4O. The zero-order chi connectivity index (χ0) is 14.1. The quantitative estimate of drug-likeness (QED) is 0.878. The van der Waals surface area contributed by atoms with E-state index >= 15 is 0 Å². The first-order valence-corrected chi connectivity index (χ1v) is 6.18. The van der Waals surface area contributed by atoms with E-state index < -0.39 is 0 Å². The third-order valence-corrected chi connectivity index (χ3v) is 3.12. The van der Waals surface area contributed by atoms with Gasteiger partial charge in [0.15, 0.2) is 5.84 Å². The van der Waals surface area contributed by atoms with Crippen LogP contribution in [0.1, 0.15) is 5.56 Å². The largest absolute Gasteiger partial charge is 0.398 e. The van der Waals surface area contributed by atoms with Crippen molar-refractivity contribution in [2.24, 2.45) is 10.8 Å². The third-order valence-electron chi connectivity index (χ3n) is 3.12. The van der Waals surface area contributed by atoms with Crippen LogP contribution in [0.3, 0.4) is 0 Å². The van der Waals surface area contributed by atoms with Crippen molar-refractivity contribution < 1.29 is 9.18 Å². The number of benzene rings is 1. The summed E-state index contributed by atoms with van der Waals surface area (Å²) >= 11 is 0. The fourth-order valence-corrected chi connectivity index (χ4v) is 2.09. The molecule has 2 heterocycles. The van der Waals surface area contributed by atoms with Crippen LogP contribution < -0.4 is 5.73 Å². The molecule has 0 aliphatic carbocycles. The second-order valence-corrected chi connectivity index (χ2v) is 4.59. The van der Waals surface area contributed by atoms with Gasteiger partial charge < -0.3 is 10.6 Å². The van der Waals surface area contributed by atoms with E-state index in [0.717, 1.165) is 0 Å². The lowest BCUT2D eigenvalue weighted by Gasteiger charge is -2.31. The highest BCUT2D eigenvalue weighted by molar-refractivity contribution is 6.00. The molecule has 0 aromatic heterocycles. The van der Waals surface area contributed by atoms with Crippen molar-refractivity contribution in [3.63, 3.8) is 0 Å². The predicted molar refractivity (Wildman–Crippen MR) is 72.5 cm³/mol. The van der Waals surface area contributed by atoms with Crippen molar-refractivity contribution in [2.75, 3.05) is 6.54 Å². The molecule has 0 spiro atoms. The zero-order valence-corrected chi connectivity index (χ0v) is 10.7. The van der Waals surface area contributed by atoms with Gasteiger partial charge in [0.2, 0.25) is 0 Å². The number of amidine groups is 1. The summed E-state index contributed by atoms with van der Waals surface area (Å²) < 4.78 is 13.6. The first kappa shape index (κ1) is 12.4. The highest BCUT2D eigenvalue weighted by Gasteiger charge is 2.26. The molecular weight excluding hydrogens is 259 g/mol. The maximum absolute atomic E-state index is 13.6. The van der Waals surface area contributed by atoms with Gasteiger partial charge in [-0.25, -0.2) is 9.40 Å². The number of hydrogen-bond acceptors (Lipinski definition) is 4.